The summed E-state index contributed by atoms with van der Waals surface area (Å²) in [5.41, 5.74) is 1.81. The summed E-state index contributed by atoms with van der Waals surface area (Å²) in [6.07, 6.45) is 0. The van der Waals surface area contributed by atoms with E-state index in [9.17, 15) is 4.79 Å². The zero-order valence-corrected chi connectivity index (χ0v) is 13.0. The molecule has 7 nitrogen and oxygen atoms in total. The molecule has 118 valence electrons. The molecule has 0 aliphatic carbocycles. The van der Waals surface area contributed by atoms with Gasteiger partial charge < -0.3 is 19.5 Å². The van der Waals surface area contributed by atoms with E-state index in [1.54, 1.807) is 11.9 Å². The number of carbonyl (C=O) groups excluding carboxylic acids is 1. The van der Waals surface area contributed by atoms with Gasteiger partial charge in [0.15, 0.2) is 0 Å². The lowest BCUT2D eigenvalue weighted by Gasteiger charge is -2.27. The standard InChI is InChI=1S/C14H24N4O3/c1-11-13(12(2)21-16-11)10-17(3)14(19)15-4-5-18-6-8-20-9-7-18/h4-10H2,1-3H3,(H,15,19). The molecule has 0 aromatic carbocycles. The van der Waals surface area contributed by atoms with Gasteiger partial charge in [-0.2, -0.15) is 0 Å². The number of amides is 2. The highest BCUT2D eigenvalue weighted by Crippen LogP contribution is 2.14. The quantitative estimate of drug-likeness (QED) is 0.869. The van der Waals surface area contributed by atoms with E-state index < -0.39 is 0 Å². The van der Waals surface area contributed by atoms with Crippen LogP contribution < -0.4 is 5.32 Å². The summed E-state index contributed by atoms with van der Waals surface area (Å²) < 4.78 is 10.4. The van der Waals surface area contributed by atoms with Crippen LogP contribution in [0.3, 0.4) is 0 Å². The maximum Gasteiger partial charge on any atom is 0.317 e. The minimum absolute atomic E-state index is 0.0803. The van der Waals surface area contributed by atoms with Crippen molar-refractivity contribution in [3.63, 3.8) is 0 Å². The topological polar surface area (TPSA) is 70.8 Å². The molecule has 2 rings (SSSR count). The van der Waals surface area contributed by atoms with Gasteiger partial charge >= 0.3 is 6.03 Å². The molecule has 0 unspecified atom stereocenters. The van der Waals surface area contributed by atoms with E-state index in [2.05, 4.69) is 15.4 Å². The van der Waals surface area contributed by atoms with Gasteiger partial charge in [0.1, 0.15) is 5.76 Å². The second-order valence-corrected chi connectivity index (χ2v) is 5.34. The molecule has 0 atom stereocenters. The van der Waals surface area contributed by atoms with Crippen LogP contribution in [0, 0.1) is 13.8 Å². The van der Waals surface area contributed by atoms with Crippen molar-refractivity contribution < 1.29 is 14.1 Å². The summed E-state index contributed by atoms with van der Waals surface area (Å²) in [4.78, 5) is 16.0. The lowest BCUT2D eigenvalue weighted by atomic mass is 10.2. The Labute approximate surface area is 125 Å². The van der Waals surface area contributed by atoms with Crippen molar-refractivity contribution in [2.75, 3.05) is 46.4 Å². The fourth-order valence-corrected chi connectivity index (χ4v) is 2.32. The number of aromatic nitrogens is 1. The number of morpholine rings is 1. The molecule has 1 aliphatic heterocycles. The maximum atomic E-state index is 12.1. The van der Waals surface area contributed by atoms with Crippen molar-refractivity contribution >= 4 is 6.03 Å². The van der Waals surface area contributed by atoms with Gasteiger partial charge in [-0.05, 0) is 13.8 Å². The first-order valence-corrected chi connectivity index (χ1v) is 7.28. The van der Waals surface area contributed by atoms with Crippen molar-refractivity contribution in [1.29, 1.82) is 0 Å². The van der Waals surface area contributed by atoms with E-state index >= 15 is 0 Å². The first-order valence-electron chi connectivity index (χ1n) is 7.28. The molecule has 7 heteroatoms. The predicted molar refractivity (Wildman–Crippen MR) is 78.1 cm³/mol. The number of hydrogen-bond donors (Lipinski definition) is 1. The molecule has 0 bridgehead atoms. The molecule has 0 radical (unpaired) electrons. The van der Waals surface area contributed by atoms with Crippen molar-refractivity contribution in [3.8, 4) is 0 Å². The smallest absolute Gasteiger partial charge is 0.317 e. The van der Waals surface area contributed by atoms with Gasteiger partial charge in [-0.1, -0.05) is 5.16 Å². The van der Waals surface area contributed by atoms with Crippen LogP contribution in [0.4, 0.5) is 4.79 Å². The van der Waals surface area contributed by atoms with E-state index in [4.69, 9.17) is 9.26 Å². The van der Waals surface area contributed by atoms with Gasteiger partial charge in [-0.3, -0.25) is 4.90 Å². The summed E-state index contributed by atoms with van der Waals surface area (Å²) in [6, 6.07) is -0.0803. The van der Waals surface area contributed by atoms with E-state index in [0.29, 0.717) is 13.1 Å². The first-order chi connectivity index (χ1) is 10.1. The number of carbonyl (C=O) groups is 1. The lowest BCUT2D eigenvalue weighted by Crippen LogP contribution is -2.44. The number of urea groups is 1. The van der Waals surface area contributed by atoms with Gasteiger partial charge in [-0.25, -0.2) is 4.79 Å². The van der Waals surface area contributed by atoms with E-state index in [1.165, 1.54) is 0 Å². The molecule has 2 heterocycles. The third-order valence-corrected chi connectivity index (χ3v) is 3.73. The maximum absolute atomic E-state index is 12.1. The fourth-order valence-electron chi connectivity index (χ4n) is 2.32. The third-order valence-electron chi connectivity index (χ3n) is 3.73. The molecule has 2 amide bonds. The summed E-state index contributed by atoms with van der Waals surface area (Å²) in [6.45, 7) is 9.18. The molecular formula is C14H24N4O3. The Bertz CT molecular complexity index is 449. The fraction of sp³-hybridized carbons (Fsp3) is 0.714. The zero-order chi connectivity index (χ0) is 15.2. The molecule has 0 saturated carbocycles. The Morgan fingerprint density at radius 1 is 1.38 bits per heavy atom. The third kappa shape index (κ3) is 4.44. The Kier molecular flexibility index (Phi) is 5.58. The van der Waals surface area contributed by atoms with Crippen molar-refractivity contribution in [2.24, 2.45) is 0 Å². The van der Waals surface area contributed by atoms with Crippen LogP contribution in [0.25, 0.3) is 0 Å². The molecule has 1 aliphatic rings. The van der Waals surface area contributed by atoms with Crippen LogP contribution >= 0.6 is 0 Å². The van der Waals surface area contributed by atoms with Gasteiger partial charge in [-0.15, -0.1) is 0 Å². The van der Waals surface area contributed by atoms with Crippen molar-refractivity contribution in [3.05, 3.63) is 17.0 Å². The van der Waals surface area contributed by atoms with Gasteiger partial charge in [0.05, 0.1) is 25.5 Å². The average Bonchev–Trinajstić information content (AvgIpc) is 2.80. The van der Waals surface area contributed by atoms with Gasteiger partial charge in [0, 0.05) is 38.8 Å². The van der Waals surface area contributed by atoms with Gasteiger partial charge in [0.25, 0.3) is 0 Å². The lowest BCUT2D eigenvalue weighted by molar-refractivity contribution is 0.0386. The average molecular weight is 296 g/mol. The molecule has 1 aromatic rings. The van der Waals surface area contributed by atoms with Crippen LogP contribution in [0.15, 0.2) is 4.52 Å². The summed E-state index contributed by atoms with van der Waals surface area (Å²) >= 11 is 0. The normalized spacial score (nSPS) is 16.0. The number of nitrogens with zero attached hydrogens (tertiary/aromatic N) is 3. The number of aryl methyl sites for hydroxylation is 2. The minimum atomic E-state index is -0.0803. The van der Waals surface area contributed by atoms with Crippen LogP contribution in [0.1, 0.15) is 17.0 Å². The van der Waals surface area contributed by atoms with Crippen LogP contribution in [0.5, 0.6) is 0 Å². The Hall–Kier alpha value is -1.60. The van der Waals surface area contributed by atoms with Crippen LogP contribution in [-0.4, -0.2) is 67.4 Å². The summed E-state index contributed by atoms with van der Waals surface area (Å²) in [5.74, 6) is 0.764. The minimum Gasteiger partial charge on any atom is -0.379 e. The van der Waals surface area contributed by atoms with Crippen LogP contribution in [-0.2, 0) is 11.3 Å². The van der Waals surface area contributed by atoms with E-state index in [1.807, 2.05) is 13.8 Å². The van der Waals surface area contributed by atoms with E-state index in [0.717, 1.165) is 49.9 Å². The highest BCUT2D eigenvalue weighted by molar-refractivity contribution is 5.73. The first kappa shape index (κ1) is 15.8. The highest BCUT2D eigenvalue weighted by atomic mass is 16.5. The van der Waals surface area contributed by atoms with Gasteiger partial charge in [0.2, 0.25) is 0 Å². The van der Waals surface area contributed by atoms with E-state index in [-0.39, 0.29) is 6.03 Å². The van der Waals surface area contributed by atoms with Crippen LogP contribution in [0.2, 0.25) is 0 Å². The molecule has 1 N–H and O–H groups in total. The predicted octanol–water partition coefficient (Wildman–Crippen LogP) is 0.765. The molecule has 21 heavy (non-hydrogen) atoms. The number of hydrogen-bond acceptors (Lipinski definition) is 5. The zero-order valence-electron chi connectivity index (χ0n) is 13.0. The largest absolute Gasteiger partial charge is 0.379 e. The molecule has 1 saturated heterocycles. The summed E-state index contributed by atoms with van der Waals surface area (Å²) in [5, 5.41) is 6.83. The molecular weight excluding hydrogens is 272 g/mol. The molecule has 1 fully saturated rings. The molecule has 1 aromatic heterocycles. The Balaban J connectivity index is 1.72. The number of ether oxygens (including phenoxy) is 1. The number of nitrogens with one attached hydrogen (secondary N) is 1. The Morgan fingerprint density at radius 2 is 2.10 bits per heavy atom. The second kappa shape index (κ2) is 7.42. The number of rotatable bonds is 5. The highest BCUT2D eigenvalue weighted by Gasteiger charge is 2.15. The Morgan fingerprint density at radius 3 is 2.71 bits per heavy atom. The SMILES string of the molecule is Cc1noc(C)c1CN(C)C(=O)NCCN1CCOCC1. The monoisotopic (exact) mass is 296 g/mol. The summed E-state index contributed by atoms with van der Waals surface area (Å²) in [7, 11) is 1.77. The second-order valence-electron chi connectivity index (χ2n) is 5.34. The molecule has 0 spiro atoms. The van der Waals surface area contributed by atoms with Crippen molar-refractivity contribution in [1.82, 2.24) is 20.3 Å². The van der Waals surface area contributed by atoms with Crippen molar-refractivity contribution in [2.45, 2.75) is 20.4 Å².